The Morgan fingerprint density at radius 1 is 1.11 bits per heavy atom. The maximum atomic E-state index is 4.14. The van der Waals surface area contributed by atoms with Crippen LogP contribution in [-0.2, 0) is 13.1 Å². The summed E-state index contributed by atoms with van der Waals surface area (Å²) in [4.78, 5) is 8.02. The summed E-state index contributed by atoms with van der Waals surface area (Å²) in [7, 11) is 0. The highest BCUT2D eigenvalue weighted by molar-refractivity contribution is 5.36. The van der Waals surface area contributed by atoms with Crippen molar-refractivity contribution in [1.82, 2.24) is 29.9 Å². The minimum absolute atomic E-state index is 0.648. The molecule has 0 aliphatic rings. The lowest BCUT2D eigenvalue weighted by Crippen LogP contribution is -2.15. The van der Waals surface area contributed by atoms with Crippen LogP contribution in [0.3, 0.4) is 0 Å². The van der Waals surface area contributed by atoms with Crippen molar-refractivity contribution in [3.8, 4) is 0 Å². The highest BCUT2D eigenvalue weighted by Crippen LogP contribution is 2.02. The third-order valence-corrected chi connectivity index (χ3v) is 2.62. The van der Waals surface area contributed by atoms with Crippen molar-refractivity contribution in [1.29, 1.82) is 0 Å². The fourth-order valence-corrected chi connectivity index (χ4v) is 1.74. The fraction of sp³-hybridized carbons (Fsp3) is 0.167. The standard InChI is InChI=1S/C12H12N6/c1-2-6-18-11(3-1)16-17-12(18)8-14-7-10-4-5-13-9-15-10/h1-6,9,14H,7-8H2. The van der Waals surface area contributed by atoms with Crippen LogP contribution in [0.2, 0.25) is 0 Å². The SMILES string of the molecule is c1ccn2c(CNCc3ccncn3)nnc2c1. The summed E-state index contributed by atoms with van der Waals surface area (Å²) in [5.41, 5.74) is 1.81. The molecular weight excluding hydrogens is 228 g/mol. The molecule has 3 aromatic rings. The number of pyridine rings is 1. The number of fused-ring (bicyclic) bond motifs is 1. The van der Waals surface area contributed by atoms with E-state index < -0.39 is 0 Å². The van der Waals surface area contributed by atoms with Gasteiger partial charge in [0.1, 0.15) is 6.33 Å². The van der Waals surface area contributed by atoms with E-state index in [2.05, 4.69) is 25.5 Å². The van der Waals surface area contributed by atoms with E-state index in [1.54, 1.807) is 12.5 Å². The highest BCUT2D eigenvalue weighted by atomic mass is 15.3. The largest absolute Gasteiger partial charge is 0.304 e. The Hall–Kier alpha value is -2.34. The smallest absolute Gasteiger partial charge is 0.160 e. The Bertz CT molecular complexity index is 633. The van der Waals surface area contributed by atoms with Gasteiger partial charge in [0.15, 0.2) is 11.5 Å². The molecular formula is C12H12N6. The molecule has 0 amide bonds. The summed E-state index contributed by atoms with van der Waals surface area (Å²) in [5.74, 6) is 0.889. The Labute approximate surface area is 104 Å². The van der Waals surface area contributed by atoms with Crippen molar-refractivity contribution in [2.45, 2.75) is 13.1 Å². The first-order valence-electron chi connectivity index (χ1n) is 5.68. The van der Waals surface area contributed by atoms with Crippen LogP contribution in [-0.4, -0.2) is 24.6 Å². The van der Waals surface area contributed by atoms with Gasteiger partial charge in [-0.25, -0.2) is 9.97 Å². The quantitative estimate of drug-likeness (QED) is 0.731. The number of aromatic nitrogens is 5. The third kappa shape index (κ3) is 2.18. The summed E-state index contributed by atoms with van der Waals surface area (Å²) in [5, 5.41) is 11.5. The first-order chi connectivity index (χ1) is 8.93. The molecule has 3 heterocycles. The number of nitrogens with one attached hydrogen (secondary N) is 1. The van der Waals surface area contributed by atoms with E-state index in [-0.39, 0.29) is 0 Å². The summed E-state index contributed by atoms with van der Waals surface area (Å²) in [6.45, 7) is 1.33. The van der Waals surface area contributed by atoms with Crippen LogP contribution in [0.5, 0.6) is 0 Å². The van der Waals surface area contributed by atoms with Crippen molar-refractivity contribution in [3.05, 3.63) is 54.5 Å². The Kier molecular flexibility index (Phi) is 2.93. The van der Waals surface area contributed by atoms with Gasteiger partial charge >= 0.3 is 0 Å². The molecule has 3 rings (SSSR count). The van der Waals surface area contributed by atoms with E-state index in [0.29, 0.717) is 13.1 Å². The second-order valence-electron chi connectivity index (χ2n) is 3.85. The van der Waals surface area contributed by atoms with Crippen LogP contribution in [0, 0.1) is 0 Å². The van der Waals surface area contributed by atoms with Crippen molar-refractivity contribution < 1.29 is 0 Å². The van der Waals surface area contributed by atoms with Gasteiger partial charge in [-0.2, -0.15) is 0 Å². The minimum Gasteiger partial charge on any atom is -0.304 e. The lowest BCUT2D eigenvalue weighted by Gasteiger charge is -2.02. The maximum Gasteiger partial charge on any atom is 0.160 e. The van der Waals surface area contributed by atoms with Crippen molar-refractivity contribution >= 4 is 5.65 Å². The lowest BCUT2D eigenvalue weighted by atomic mass is 10.4. The van der Waals surface area contributed by atoms with E-state index in [1.165, 1.54) is 0 Å². The molecule has 90 valence electrons. The van der Waals surface area contributed by atoms with Crippen molar-refractivity contribution in [3.63, 3.8) is 0 Å². The van der Waals surface area contributed by atoms with Crippen molar-refractivity contribution in [2.24, 2.45) is 0 Å². The van der Waals surface area contributed by atoms with Crippen LogP contribution in [0.25, 0.3) is 5.65 Å². The molecule has 0 radical (unpaired) electrons. The van der Waals surface area contributed by atoms with Gasteiger partial charge in [-0.05, 0) is 18.2 Å². The van der Waals surface area contributed by atoms with Crippen LogP contribution < -0.4 is 5.32 Å². The van der Waals surface area contributed by atoms with Gasteiger partial charge in [-0.3, -0.25) is 4.40 Å². The van der Waals surface area contributed by atoms with Crippen LogP contribution >= 0.6 is 0 Å². The van der Waals surface area contributed by atoms with Gasteiger partial charge in [0, 0.05) is 18.9 Å². The zero-order valence-electron chi connectivity index (χ0n) is 9.69. The molecule has 3 aromatic heterocycles. The monoisotopic (exact) mass is 240 g/mol. The topological polar surface area (TPSA) is 68.0 Å². The van der Waals surface area contributed by atoms with Crippen molar-refractivity contribution in [2.75, 3.05) is 0 Å². The van der Waals surface area contributed by atoms with Gasteiger partial charge in [0.05, 0.1) is 12.2 Å². The van der Waals surface area contributed by atoms with Gasteiger partial charge < -0.3 is 5.32 Å². The molecule has 0 atom stereocenters. The molecule has 0 aromatic carbocycles. The molecule has 1 N–H and O–H groups in total. The molecule has 0 saturated carbocycles. The third-order valence-electron chi connectivity index (χ3n) is 2.62. The number of hydrogen-bond acceptors (Lipinski definition) is 5. The average molecular weight is 240 g/mol. The predicted octanol–water partition coefficient (Wildman–Crippen LogP) is 0.809. The molecule has 0 saturated heterocycles. The zero-order chi connectivity index (χ0) is 12.2. The molecule has 0 aliphatic heterocycles. The fourth-order valence-electron chi connectivity index (χ4n) is 1.74. The lowest BCUT2D eigenvalue weighted by molar-refractivity contribution is 0.645. The van der Waals surface area contributed by atoms with E-state index in [0.717, 1.165) is 17.2 Å². The second kappa shape index (κ2) is 4.89. The molecule has 0 aliphatic carbocycles. The average Bonchev–Trinajstić information content (AvgIpc) is 2.84. The van der Waals surface area contributed by atoms with E-state index >= 15 is 0 Å². The van der Waals surface area contributed by atoms with Gasteiger partial charge in [-0.15, -0.1) is 10.2 Å². The van der Waals surface area contributed by atoms with Gasteiger partial charge in [-0.1, -0.05) is 6.07 Å². The Morgan fingerprint density at radius 2 is 2.11 bits per heavy atom. The minimum atomic E-state index is 0.648. The summed E-state index contributed by atoms with van der Waals surface area (Å²) in [6.07, 6.45) is 5.23. The van der Waals surface area contributed by atoms with Crippen LogP contribution in [0.1, 0.15) is 11.5 Å². The first-order valence-corrected chi connectivity index (χ1v) is 5.68. The summed E-state index contributed by atoms with van der Waals surface area (Å²) in [6, 6.07) is 7.72. The van der Waals surface area contributed by atoms with E-state index in [4.69, 9.17) is 0 Å². The highest BCUT2D eigenvalue weighted by Gasteiger charge is 2.03. The van der Waals surface area contributed by atoms with E-state index in [9.17, 15) is 0 Å². The van der Waals surface area contributed by atoms with E-state index in [1.807, 2.05) is 34.9 Å². The normalized spacial score (nSPS) is 10.9. The van der Waals surface area contributed by atoms with Crippen LogP contribution in [0.15, 0.2) is 43.0 Å². The second-order valence-corrected chi connectivity index (χ2v) is 3.85. The molecule has 0 spiro atoms. The zero-order valence-corrected chi connectivity index (χ0v) is 9.69. The number of nitrogens with zero attached hydrogens (tertiary/aromatic N) is 5. The molecule has 6 nitrogen and oxygen atoms in total. The Balaban J connectivity index is 1.67. The number of hydrogen-bond donors (Lipinski definition) is 1. The van der Waals surface area contributed by atoms with Gasteiger partial charge in [0.25, 0.3) is 0 Å². The molecule has 6 heteroatoms. The molecule has 0 unspecified atom stereocenters. The number of rotatable bonds is 4. The maximum absolute atomic E-state index is 4.14. The first kappa shape index (κ1) is 10.8. The molecule has 0 fully saturated rings. The van der Waals surface area contributed by atoms with Gasteiger partial charge in [0.2, 0.25) is 0 Å². The summed E-state index contributed by atoms with van der Waals surface area (Å²) >= 11 is 0. The molecule has 0 bridgehead atoms. The Morgan fingerprint density at radius 3 is 3.00 bits per heavy atom. The predicted molar refractivity (Wildman–Crippen MR) is 65.6 cm³/mol. The summed E-state index contributed by atoms with van der Waals surface area (Å²) < 4.78 is 1.97. The van der Waals surface area contributed by atoms with Crippen LogP contribution in [0.4, 0.5) is 0 Å². The molecule has 18 heavy (non-hydrogen) atoms.